The molecule has 1 saturated carbocycles. The van der Waals surface area contributed by atoms with Gasteiger partial charge in [-0.2, -0.15) is 0 Å². The van der Waals surface area contributed by atoms with Crippen molar-refractivity contribution in [1.29, 1.82) is 0 Å². The van der Waals surface area contributed by atoms with Gasteiger partial charge in [0.05, 0.1) is 0 Å². The summed E-state index contributed by atoms with van der Waals surface area (Å²) in [5.41, 5.74) is 2.85. The van der Waals surface area contributed by atoms with Crippen molar-refractivity contribution in [2.24, 2.45) is 4.36 Å². The lowest BCUT2D eigenvalue weighted by Crippen LogP contribution is -2.59. The quantitative estimate of drug-likeness (QED) is 0.589. The van der Waals surface area contributed by atoms with Gasteiger partial charge in [0, 0.05) is 12.3 Å². The van der Waals surface area contributed by atoms with Crippen LogP contribution in [0.1, 0.15) is 36.0 Å². The molecule has 0 bridgehead atoms. The zero-order chi connectivity index (χ0) is 18.5. The van der Waals surface area contributed by atoms with Crippen LogP contribution in [-0.4, -0.2) is 14.4 Å². The number of aliphatic hydroxyl groups is 1. The highest BCUT2D eigenvalue weighted by atomic mass is 32.3. The molecule has 3 aromatic rings. The van der Waals surface area contributed by atoms with Gasteiger partial charge in [-0.25, -0.2) is 4.55 Å². The van der Waals surface area contributed by atoms with Crippen molar-refractivity contribution in [2.75, 3.05) is 0 Å². The van der Waals surface area contributed by atoms with E-state index in [1.807, 2.05) is 78.9 Å². The Morgan fingerprint density at radius 1 is 0.889 bits per heavy atom. The zero-order valence-corrected chi connectivity index (χ0v) is 15.7. The number of hydrogen-bond donors (Lipinski definition) is 2. The van der Waals surface area contributed by atoms with E-state index in [-0.39, 0.29) is 5.92 Å². The maximum atomic E-state index is 12.1. The van der Waals surface area contributed by atoms with Crippen molar-refractivity contribution in [3.63, 3.8) is 0 Å². The molecule has 0 saturated heterocycles. The molecule has 2 aliphatic rings. The second-order valence-corrected chi connectivity index (χ2v) is 9.88. The van der Waals surface area contributed by atoms with Crippen molar-refractivity contribution in [2.45, 2.75) is 34.5 Å². The van der Waals surface area contributed by atoms with Gasteiger partial charge in [0.15, 0.2) is 9.64 Å². The van der Waals surface area contributed by atoms with Crippen LogP contribution in [0.15, 0.2) is 94.2 Å². The molecule has 0 amide bonds. The lowest BCUT2D eigenvalue weighted by Gasteiger charge is -2.53. The van der Waals surface area contributed by atoms with Crippen LogP contribution in [0.3, 0.4) is 0 Å². The summed E-state index contributed by atoms with van der Waals surface area (Å²) in [6.45, 7) is 0. The SMILES string of the molecule is O[C@@H](c1ccccc1)[C@]12CC[C@H]1c1ccccc1N=[S+]2(O)c1ccccc1. The molecule has 0 spiro atoms. The van der Waals surface area contributed by atoms with Crippen LogP contribution in [0.25, 0.3) is 0 Å². The van der Waals surface area contributed by atoms with Crippen LogP contribution in [0.2, 0.25) is 0 Å². The standard InChI is InChI=1S/C23H22NO2S/c25-22(17-9-3-1-4-10-17)23-16-15-20(23)19-13-7-8-14-21(19)24-27(23,26)18-11-5-2-6-12-18/h1-14,20,22,25H,15-16H2,(H,24,26)/q+1/t20-,22-,23-,27?/m0/s1. The molecule has 1 aliphatic heterocycles. The van der Waals surface area contributed by atoms with Gasteiger partial charge in [-0.05, 0) is 35.7 Å². The zero-order valence-electron chi connectivity index (χ0n) is 14.9. The van der Waals surface area contributed by atoms with Crippen LogP contribution in [-0.2, 0) is 10.1 Å². The van der Waals surface area contributed by atoms with E-state index in [0.717, 1.165) is 34.6 Å². The molecule has 1 heterocycles. The summed E-state index contributed by atoms with van der Waals surface area (Å²) >= 11 is 0. The van der Waals surface area contributed by atoms with Crippen molar-refractivity contribution < 1.29 is 9.66 Å². The average Bonchev–Trinajstić information content (AvgIpc) is 2.69. The molecule has 1 fully saturated rings. The largest absolute Gasteiger partial charge is 0.383 e. The molecule has 1 aliphatic carbocycles. The maximum Gasteiger partial charge on any atom is 0.185 e. The first-order valence-electron chi connectivity index (χ1n) is 9.32. The molecule has 5 rings (SSSR count). The van der Waals surface area contributed by atoms with E-state index in [2.05, 4.69) is 6.07 Å². The molecule has 1 unspecified atom stereocenters. The third kappa shape index (κ3) is 2.24. The second-order valence-electron chi connectivity index (χ2n) is 7.37. The van der Waals surface area contributed by atoms with Crippen LogP contribution in [0.4, 0.5) is 5.69 Å². The van der Waals surface area contributed by atoms with E-state index in [0.29, 0.717) is 0 Å². The summed E-state index contributed by atoms with van der Waals surface area (Å²) < 4.78 is 16.4. The van der Waals surface area contributed by atoms with Crippen molar-refractivity contribution in [3.8, 4) is 0 Å². The highest BCUT2D eigenvalue weighted by molar-refractivity contribution is 8.01. The first-order valence-corrected chi connectivity index (χ1v) is 10.9. The first kappa shape index (κ1) is 16.9. The Hall–Kier alpha value is -2.27. The summed E-state index contributed by atoms with van der Waals surface area (Å²) in [4.78, 5) is 0.819. The highest BCUT2D eigenvalue weighted by Crippen LogP contribution is 2.65. The number of aliphatic hydroxyl groups excluding tert-OH is 1. The first-order chi connectivity index (χ1) is 13.2. The molecular formula is C23H22NO2S+. The lowest BCUT2D eigenvalue weighted by molar-refractivity contribution is 0.0612. The molecule has 0 radical (unpaired) electrons. The third-order valence-corrected chi connectivity index (χ3v) is 9.30. The Bertz CT molecular complexity index is 1030. The van der Waals surface area contributed by atoms with Gasteiger partial charge in [-0.3, -0.25) is 0 Å². The van der Waals surface area contributed by atoms with Gasteiger partial charge in [0.25, 0.3) is 0 Å². The van der Waals surface area contributed by atoms with Gasteiger partial charge in [-0.15, -0.1) is 0 Å². The third-order valence-electron chi connectivity index (χ3n) is 6.14. The van der Waals surface area contributed by atoms with Crippen molar-refractivity contribution in [1.82, 2.24) is 0 Å². The second kappa shape index (κ2) is 6.13. The fourth-order valence-corrected chi connectivity index (χ4v) is 7.90. The molecule has 4 heteroatoms. The molecule has 0 aromatic heterocycles. The van der Waals surface area contributed by atoms with E-state index in [1.165, 1.54) is 0 Å². The minimum Gasteiger partial charge on any atom is -0.383 e. The Balaban J connectivity index is 1.79. The van der Waals surface area contributed by atoms with Crippen molar-refractivity contribution in [3.05, 3.63) is 96.1 Å². The van der Waals surface area contributed by atoms with Gasteiger partial charge < -0.3 is 5.11 Å². The predicted molar refractivity (Wildman–Crippen MR) is 109 cm³/mol. The summed E-state index contributed by atoms with van der Waals surface area (Å²) in [5.74, 6) is 0.0987. The summed E-state index contributed by atoms with van der Waals surface area (Å²) in [6, 6.07) is 27.5. The van der Waals surface area contributed by atoms with E-state index in [9.17, 15) is 9.66 Å². The van der Waals surface area contributed by atoms with Crippen molar-refractivity contribution >= 4 is 15.8 Å². The van der Waals surface area contributed by atoms with E-state index in [1.54, 1.807) is 0 Å². The van der Waals surface area contributed by atoms with E-state index in [4.69, 9.17) is 4.36 Å². The Morgan fingerprint density at radius 2 is 1.52 bits per heavy atom. The minimum absolute atomic E-state index is 0.0987. The van der Waals surface area contributed by atoms with Crippen LogP contribution in [0, 0.1) is 0 Å². The molecule has 136 valence electrons. The summed E-state index contributed by atoms with van der Waals surface area (Å²) in [5, 5.41) is 11.5. The molecular weight excluding hydrogens is 354 g/mol. The number of rotatable bonds is 3. The smallest absolute Gasteiger partial charge is 0.185 e. The molecule has 2 N–H and O–H groups in total. The Morgan fingerprint density at radius 3 is 2.19 bits per heavy atom. The highest BCUT2D eigenvalue weighted by Gasteiger charge is 2.70. The van der Waals surface area contributed by atoms with Crippen LogP contribution < -0.4 is 0 Å². The number of benzene rings is 3. The summed E-state index contributed by atoms with van der Waals surface area (Å²) in [6.07, 6.45) is 0.944. The van der Waals surface area contributed by atoms with Gasteiger partial charge in [-0.1, -0.05) is 71.1 Å². The molecule has 3 aromatic carbocycles. The van der Waals surface area contributed by atoms with Crippen LogP contribution >= 0.6 is 0 Å². The number of nitrogens with zero attached hydrogens (tertiary/aromatic N) is 1. The van der Waals surface area contributed by atoms with Crippen LogP contribution in [0.5, 0.6) is 0 Å². The molecule has 27 heavy (non-hydrogen) atoms. The number of fused-ring (bicyclic) bond motifs is 3. The summed E-state index contributed by atoms with van der Waals surface area (Å²) in [7, 11) is -2.61. The Labute approximate surface area is 160 Å². The van der Waals surface area contributed by atoms with Gasteiger partial charge in [0.1, 0.15) is 21.9 Å². The topological polar surface area (TPSA) is 52.8 Å². The number of hydrogen-bond acceptors (Lipinski definition) is 2. The predicted octanol–water partition coefficient (Wildman–Crippen LogP) is 5.55. The fourth-order valence-electron chi connectivity index (χ4n) is 4.71. The van der Waals surface area contributed by atoms with Gasteiger partial charge >= 0.3 is 0 Å². The molecule has 4 atom stereocenters. The normalized spacial score (nSPS) is 29.6. The fraction of sp³-hybridized carbons (Fsp3) is 0.217. The van der Waals surface area contributed by atoms with E-state index >= 15 is 0 Å². The minimum atomic E-state index is -2.61. The lowest BCUT2D eigenvalue weighted by atomic mass is 9.65. The van der Waals surface area contributed by atoms with E-state index < -0.39 is 21.0 Å². The molecule has 3 nitrogen and oxygen atoms in total. The maximum absolute atomic E-state index is 12.1. The average molecular weight is 377 g/mol. The monoisotopic (exact) mass is 376 g/mol. The Kier molecular flexibility index (Phi) is 3.83. The van der Waals surface area contributed by atoms with Gasteiger partial charge in [0.2, 0.25) is 0 Å².